The zero-order valence-electron chi connectivity index (χ0n) is 11.4. The highest BCUT2D eigenvalue weighted by atomic mass is 16.5. The molecule has 1 N–H and O–H groups in total. The fraction of sp³-hybridized carbons (Fsp3) is 0.294. The summed E-state index contributed by atoms with van der Waals surface area (Å²) in [4.78, 5) is 0. The number of rotatable bonds is 7. The Bertz CT molecular complexity index is 482. The highest BCUT2D eigenvalue weighted by molar-refractivity contribution is 5.25. The fourth-order valence-electron chi connectivity index (χ4n) is 1.92. The van der Waals surface area contributed by atoms with Crippen LogP contribution in [0.2, 0.25) is 0 Å². The summed E-state index contributed by atoms with van der Waals surface area (Å²) in [6, 6.07) is 18.5. The summed E-state index contributed by atoms with van der Waals surface area (Å²) in [5.41, 5.74) is 2.52. The summed E-state index contributed by atoms with van der Waals surface area (Å²) in [7, 11) is 0. The standard InChI is InChI=1S/C17H21NO/c1-2-11-18-13-15-7-6-8-16(12-15)14-19-17-9-4-3-5-10-17/h3-10,12,18H,2,11,13-14H2,1H3. The van der Waals surface area contributed by atoms with Gasteiger partial charge in [-0.3, -0.25) is 0 Å². The molecular weight excluding hydrogens is 234 g/mol. The third-order valence-electron chi connectivity index (χ3n) is 2.90. The SMILES string of the molecule is CCCNCc1cccc(COc2ccccc2)c1. The van der Waals surface area contributed by atoms with Crippen LogP contribution in [0.15, 0.2) is 54.6 Å². The number of para-hydroxylation sites is 1. The van der Waals surface area contributed by atoms with Gasteiger partial charge in [-0.2, -0.15) is 0 Å². The van der Waals surface area contributed by atoms with Crippen LogP contribution < -0.4 is 10.1 Å². The van der Waals surface area contributed by atoms with Gasteiger partial charge in [-0.05, 0) is 36.2 Å². The van der Waals surface area contributed by atoms with E-state index in [2.05, 4.69) is 36.5 Å². The van der Waals surface area contributed by atoms with Gasteiger partial charge in [0.25, 0.3) is 0 Å². The molecule has 0 spiro atoms. The van der Waals surface area contributed by atoms with Crippen LogP contribution in [0.1, 0.15) is 24.5 Å². The van der Waals surface area contributed by atoms with Gasteiger partial charge in [-0.15, -0.1) is 0 Å². The van der Waals surface area contributed by atoms with Crippen LogP contribution in [-0.2, 0) is 13.2 Å². The molecule has 0 fully saturated rings. The van der Waals surface area contributed by atoms with Gasteiger partial charge in [-0.25, -0.2) is 0 Å². The lowest BCUT2D eigenvalue weighted by atomic mass is 10.1. The van der Waals surface area contributed by atoms with Crippen molar-refractivity contribution < 1.29 is 4.74 Å². The minimum absolute atomic E-state index is 0.617. The second-order valence-corrected chi connectivity index (χ2v) is 4.60. The van der Waals surface area contributed by atoms with Crippen LogP contribution in [0, 0.1) is 0 Å². The molecule has 19 heavy (non-hydrogen) atoms. The number of nitrogens with one attached hydrogen (secondary N) is 1. The van der Waals surface area contributed by atoms with Gasteiger partial charge in [0.15, 0.2) is 0 Å². The zero-order chi connectivity index (χ0) is 13.3. The molecule has 0 aliphatic heterocycles. The maximum atomic E-state index is 5.75. The van der Waals surface area contributed by atoms with Crippen molar-refractivity contribution in [3.05, 3.63) is 65.7 Å². The van der Waals surface area contributed by atoms with Crippen molar-refractivity contribution in [1.82, 2.24) is 5.32 Å². The molecule has 0 aliphatic rings. The smallest absolute Gasteiger partial charge is 0.119 e. The topological polar surface area (TPSA) is 21.3 Å². The summed E-state index contributed by atoms with van der Waals surface area (Å²) < 4.78 is 5.75. The van der Waals surface area contributed by atoms with Crippen LogP contribution in [-0.4, -0.2) is 6.54 Å². The summed E-state index contributed by atoms with van der Waals surface area (Å²) in [6.07, 6.45) is 1.16. The Kier molecular flexibility index (Phi) is 5.45. The Balaban J connectivity index is 1.88. The van der Waals surface area contributed by atoms with Gasteiger partial charge in [0.05, 0.1) is 0 Å². The van der Waals surface area contributed by atoms with Crippen molar-refractivity contribution in [3.63, 3.8) is 0 Å². The second-order valence-electron chi connectivity index (χ2n) is 4.60. The Morgan fingerprint density at radius 1 is 0.947 bits per heavy atom. The average Bonchev–Trinajstić information content (AvgIpc) is 2.47. The Labute approximate surface area is 115 Å². The van der Waals surface area contributed by atoms with Crippen LogP contribution in [0.3, 0.4) is 0 Å². The molecule has 2 aromatic rings. The van der Waals surface area contributed by atoms with E-state index >= 15 is 0 Å². The van der Waals surface area contributed by atoms with Gasteiger partial charge in [-0.1, -0.05) is 49.4 Å². The third-order valence-corrected chi connectivity index (χ3v) is 2.90. The molecule has 0 aromatic heterocycles. The van der Waals surface area contributed by atoms with Gasteiger partial charge < -0.3 is 10.1 Å². The van der Waals surface area contributed by atoms with Crippen molar-refractivity contribution in [2.75, 3.05) is 6.54 Å². The minimum atomic E-state index is 0.617. The summed E-state index contributed by atoms with van der Waals surface area (Å²) in [5, 5.41) is 3.41. The fourth-order valence-corrected chi connectivity index (χ4v) is 1.92. The highest BCUT2D eigenvalue weighted by Crippen LogP contribution is 2.12. The first-order valence-electron chi connectivity index (χ1n) is 6.85. The Morgan fingerprint density at radius 3 is 2.53 bits per heavy atom. The van der Waals surface area contributed by atoms with Crippen molar-refractivity contribution in [3.8, 4) is 5.75 Å². The van der Waals surface area contributed by atoms with Crippen LogP contribution >= 0.6 is 0 Å². The van der Waals surface area contributed by atoms with E-state index in [1.54, 1.807) is 0 Å². The maximum Gasteiger partial charge on any atom is 0.119 e. The van der Waals surface area contributed by atoms with E-state index in [4.69, 9.17) is 4.74 Å². The largest absolute Gasteiger partial charge is 0.489 e. The number of benzene rings is 2. The third kappa shape index (κ3) is 4.76. The van der Waals surface area contributed by atoms with E-state index in [0.717, 1.165) is 25.3 Å². The van der Waals surface area contributed by atoms with Crippen molar-refractivity contribution in [2.24, 2.45) is 0 Å². The van der Waals surface area contributed by atoms with E-state index < -0.39 is 0 Å². The molecule has 0 saturated carbocycles. The number of hydrogen-bond donors (Lipinski definition) is 1. The first kappa shape index (κ1) is 13.6. The van der Waals surface area contributed by atoms with Crippen LogP contribution in [0.5, 0.6) is 5.75 Å². The van der Waals surface area contributed by atoms with E-state index in [9.17, 15) is 0 Å². The van der Waals surface area contributed by atoms with Crippen molar-refractivity contribution in [1.29, 1.82) is 0 Å². The predicted octanol–water partition coefficient (Wildman–Crippen LogP) is 3.77. The van der Waals surface area contributed by atoms with Crippen molar-refractivity contribution in [2.45, 2.75) is 26.5 Å². The molecule has 0 unspecified atom stereocenters. The molecule has 2 aromatic carbocycles. The molecule has 0 atom stereocenters. The summed E-state index contributed by atoms with van der Waals surface area (Å²) in [5.74, 6) is 0.914. The highest BCUT2D eigenvalue weighted by Gasteiger charge is 1.98. The van der Waals surface area contributed by atoms with E-state index in [1.165, 1.54) is 11.1 Å². The van der Waals surface area contributed by atoms with Gasteiger partial charge in [0, 0.05) is 6.54 Å². The summed E-state index contributed by atoms with van der Waals surface area (Å²) >= 11 is 0. The van der Waals surface area contributed by atoms with Gasteiger partial charge in [0.1, 0.15) is 12.4 Å². The van der Waals surface area contributed by atoms with Crippen LogP contribution in [0.4, 0.5) is 0 Å². The number of hydrogen-bond acceptors (Lipinski definition) is 2. The van der Waals surface area contributed by atoms with E-state index in [-0.39, 0.29) is 0 Å². The zero-order valence-corrected chi connectivity index (χ0v) is 11.4. The molecular formula is C17H21NO. The lowest BCUT2D eigenvalue weighted by Crippen LogP contribution is -2.13. The van der Waals surface area contributed by atoms with E-state index in [1.807, 2.05) is 30.3 Å². The molecule has 2 rings (SSSR count). The molecule has 0 radical (unpaired) electrons. The monoisotopic (exact) mass is 255 g/mol. The predicted molar refractivity (Wildman–Crippen MR) is 79.2 cm³/mol. The average molecular weight is 255 g/mol. The second kappa shape index (κ2) is 7.59. The molecule has 0 bridgehead atoms. The molecule has 0 saturated heterocycles. The lowest BCUT2D eigenvalue weighted by molar-refractivity contribution is 0.306. The molecule has 2 heteroatoms. The summed E-state index contributed by atoms with van der Waals surface area (Å²) in [6.45, 7) is 4.78. The Hall–Kier alpha value is -1.80. The van der Waals surface area contributed by atoms with Crippen molar-refractivity contribution >= 4 is 0 Å². The first-order valence-corrected chi connectivity index (χ1v) is 6.85. The van der Waals surface area contributed by atoms with Gasteiger partial charge in [0.2, 0.25) is 0 Å². The normalized spacial score (nSPS) is 10.4. The van der Waals surface area contributed by atoms with Crippen LogP contribution in [0.25, 0.3) is 0 Å². The number of ether oxygens (including phenoxy) is 1. The molecule has 2 nitrogen and oxygen atoms in total. The quantitative estimate of drug-likeness (QED) is 0.760. The van der Waals surface area contributed by atoms with Gasteiger partial charge >= 0.3 is 0 Å². The minimum Gasteiger partial charge on any atom is -0.489 e. The lowest BCUT2D eigenvalue weighted by Gasteiger charge is -2.08. The van der Waals surface area contributed by atoms with E-state index in [0.29, 0.717) is 6.61 Å². The molecule has 100 valence electrons. The molecule has 0 aliphatic carbocycles. The maximum absolute atomic E-state index is 5.75. The Morgan fingerprint density at radius 2 is 1.74 bits per heavy atom. The first-order chi connectivity index (χ1) is 9.38. The molecule has 0 amide bonds. The molecule has 0 heterocycles.